The van der Waals surface area contributed by atoms with E-state index in [9.17, 15) is 9.59 Å². The SMILES string of the molecule is O=C(N[C@H]1CN2CCC1CC2)c1cc(C(=O)c2ccccc2)n2ccccc12. The first kappa shape index (κ1) is 17.2. The Balaban J connectivity index is 1.48. The van der Waals surface area contributed by atoms with Crippen molar-refractivity contribution in [1.29, 1.82) is 0 Å². The number of pyridine rings is 1. The Morgan fingerprint density at radius 3 is 2.43 bits per heavy atom. The number of piperidine rings is 3. The van der Waals surface area contributed by atoms with Crippen molar-refractivity contribution in [1.82, 2.24) is 14.6 Å². The fraction of sp³-hybridized carbons (Fsp3) is 0.304. The second-order valence-electron chi connectivity index (χ2n) is 7.81. The van der Waals surface area contributed by atoms with Gasteiger partial charge < -0.3 is 14.6 Å². The molecule has 2 bridgehead atoms. The van der Waals surface area contributed by atoms with E-state index in [4.69, 9.17) is 0 Å². The molecule has 3 aromatic rings. The summed E-state index contributed by atoms with van der Waals surface area (Å²) in [6.45, 7) is 3.21. The molecule has 1 atom stereocenters. The number of carbonyl (C=O) groups excluding carboxylic acids is 2. The summed E-state index contributed by atoms with van der Waals surface area (Å²) in [6, 6.07) is 16.8. The monoisotopic (exact) mass is 373 g/mol. The van der Waals surface area contributed by atoms with Crippen molar-refractivity contribution in [3.8, 4) is 0 Å². The maximum absolute atomic E-state index is 13.1. The molecule has 0 aliphatic carbocycles. The van der Waals surface area contributed by atoms with Crippen LogP contribution in [0.4, 0.5) is 0 Å². The van der Waals surface area contributed by atoms with Crippen LogP contribution in [0.3, 0.4) is 0 Å². The lowest BCUT2D eigenvalue weighted by Crippen LogP contribution is -2.57. The number of hydrogen-bond donors (Lipinski definition) is 1. The highest BCUT2D eigenvalue weighted by Gasteiger charge is 2.35. The highest BCUT2D eigenvalue weighted by molar-refractivity contribution is 6.12. The molecule has 2 aromatic heterocycles. The van der Waals surface area contributed by atoms with Gasteiger partial charge in [0.2, 0.25) is 5.78 Å². The van der Waals surface area contributed by atoms with Crippen molar-refractivity contribution >= 4 is 17.2 Å². The van der Waals surface area contributed by atoms with Gasteiger partial charge in [0.25, 0.3) is 5.91 Å². The van der Waals surface area contributed by atoms with Gasteiger partial charge >= 0.3 is 0 Å². The lowest BCUT2D eigenvalue weighted by Gasteiger charge is -2.44. The van der Waals surface area contributed by atoms with Crippen molar-refractivity contribution in [2.24, 2.45) is 5.92 Å². The van der Waals surface area contributed by atoms with Gasteiger partial charge in [-0.25, -0.2) is 0 Å². The number of hydrogen-bond acceptors (Lipinski definition) is 3. The van der Waals surface area contributed by atoms with E-state index in [1.165, 1.54) is 0 Å². The molecule has 3 aliphatic rings. The van der Waals surface area contributed by atoms with E-state index >= 15 is 0 Å². The number of nitrogens with one attached hydrogen (secondary N) is 1. The summed E-state index contributed by atoms with van der Waals surface area (Å²) in [4.78, 5) is 28.6. The normalized spacial score (nSPS) is 23.6. The third kappa shape index (κ3) is 2.92. The Labute approximate surface area is 164 Å². The summed E-state index contributed by atoms with van der Waals surface area (Å²) < 4.78 is 1.82. The van der Waals surface area contributed by atoms with Gasteiger partial charge in [-0.2, -0.15) is 0 Å². The molecule has 3 saturated heterocycles. The third-order valence-corrected chi connectivity index (χ3v) is 6.16. The van der Waals surface area contributed by atoms with Crippen LogP contribution in [0.15, 0.2) is 60.8 Å². The second kappa shape index (κ2) is 6.91. The lowest BCUT2D eigenvalue weighted by molar-refractivity contribution is 0.0621. The average Bonchev–Trinajstić information content (AvgIpc) is 3.14. The van der Waals surface area contributed by atoms with E-state index in [0.717, 1.165) is 38.0 Å². The first-order valence-corrected chi connectivity index (χ1v) is 9.94. The molecular formula is C23H23N3O2. The Hall–Kier alpha value is -2.92. The zero-order valence-corrected chi connectivity index (χ0v) is 15.7. The minimum Gasteiger partial charge on any atom is -0.348 e. The summed E-state index contributed by atoms with van der Waals surface area (Å²) in [5.41, 5.74) is 2.47. The number of rotatable bonds is 4. The summed E-state index contributed by atoms with van der Waals surface area (Å²) >= 11 is 0. The van der Waals surface area contributed by atoms with Gasteiger partial charge in [0.05, 0.1) is 16.8 Å². The van der Waals surface area contributed by atoms with Gasteiger partial charge in [-0.1, -0.05) is 36.4 Å². The van der Waals surface area contributed by atoms with Gasteiger partial charge in [0.1, 0.15) is 0 Å². The molecule has 5 nitrogen and oxygen atoms in total. The molecule has 28 heavy (non-hydrogen) atoms. The van der Waals surface area contributed by atoms with Crippen LogP contribution in [0.1, 0.15) is 39.3 Å². The van der Waals surface area contributed by atoms with Crippen molar-refractivity contribution < 1.29 is 9.59 Å². The van der Waals surface area contributed by atoms with Crippen molar-refractivity contribution in [3.05, 3.63) is 77.6 Å². The minimum absolute atomic E-state index is 0.0799. The van der Waals surface area contributed by atoms with E-state index in [-0.39, 0.29) is 17.7 Å². The average molecular weight is 373 g/mol. The molecule has 142 valence electrons. The number of amides is 1. The molecule has 3 fully saturated rings. The maximum Gasteiger partial charge on any atom is 0.253 e. The molecule has 6 rings (SSSR count). The van der Waals surface area contributed by atoms with Crippen molar-refractivity contribution in [2.45, 2.75) is 18.9 Å². The molecule has 3 aliphatic heterocycles. The Morgan fingerprint density at radius 1 is 0.964 bits per heavy atom. The number of nitrogens with zero attached hydrogens (tertiary/aromatic N) is 2. The number of ketones is 1. The van der Waals surface area contributed by atoms with Crippen LogP contribution in [0.25, 0.3) is 5.52 Å². The standard InChI is InChI=1S/C23H23N3O2/c27-22(17-6-2-1-3-7-17)21-14-18(20-8-4-5-11-26(20)21)23(28)24-19-15-25-12-9-16(19)10-13-25/h1-8,11,14,16,19H,9-10,12-13,15H2,(H,24,28)/t19-/m0/s1. The molecule has 5 heteroatoms. The lowest BCUT2D eigenvalue weighted by atomic mass is 9.84. The third-order valence-electron chi connectivity index (χ3n) is 6.16. The van der Waals surface area contributed by atoms with E-state index < -0.39 is 0 Å². The summed E-state index contributed by atoms with van der Waals surface area (Å²) in [5.74, 6) is 0.395. The molecule has 0 spiro atoms. The number of carbonyl (C=O) groups is 2. The second-order valence-corrected chi connectivity index (χ2v) is 7.81. The van der Waals surface area contributed by atoms with Gasteiger partial charge in [0.15, 0.2) is 0 Å². The van der Waals surface area contributed by atoms with Crippen LogP contribution in [0.5, 0.6) is 0 Å². The summed E-state index contributed by atoms with van der Waals surface area (Å²) in [7, 11) is 0. The van der Waals surface area contributed by atoms with E-state index in [1.807, 2.05) is 47.0 Å². The predicted octanol–water partition coefficient (Wildman–Crippen LogP) is 2.99. The molecule has 1 aromatic carbocycles. The molecule has 5 heterocycles. The topological polar surface area (TPSA) is 53.8 Å². The van der Waals surface area contributed by atoms with E-state index in [1.54, 1.807) is 18.2 Å². The highest BCUT2D eigenvalue weighted by atomic mass is 16.2. The zero-order chi connectivity index (χ0) is 19.1. The highest BCUT2D eigenvalue weighted by Crippen LogP contribution is 2.28. The summed E-state index contributed by atoms with van der Waals surface area (Å²) in [5, 5.41) is 3.25. The quantitative estimate of drug-likeness (QED) is 0.716. The smallest absolute Gasteiger partial charge is 0.253 e. The molecule has 1 N–H and O–H groups in total. The van der Waals surface area contributed by atoms with Crippen molar-refractivity contribution in [2.75, 3.05) is 19.6 Å². The molecule has 0 radical (unpaired) electrons. The van der Waals surface area contributed by atoms with Gasteiger partial charge in [-0.05, 0) is 50.0 Å². The molecule has 1 amide bonds. The number of benzene rings is 1. The fourth-order valence-corrected chi connectivity index (χ4v) is 4.62. The van der Waals surface area contributed by atoms with Crippen LogP contribution in [0, 0.1) is 5.92 Å². The Kier molecular flexibility index (Phi) is 4.24. The fourth-order valence-electron chi connectivity index (χ4n) is 4.62. The molecule has 0 unspecified atom stereocenters. The van der Waals surface area contributed by atoms with Gasteiger partial charge in [-0.3, -0.25) is 9.59 Å². The first-order chi connectivity index (χ1) is 13.7. The number of aromatic nitrogens is 1. The van der Waals surface area contributed by atoms with Crippen LogP contribution < -0.4 is 5.32 Å². The maximum atomic E-state index is 13.1. The van der Waals surface area contributed by atoms with Gasteiger partial charge in [-0.15, -0.1) is 0 Å². The Bertz CT molecular complexity index is 1030. The number of fused-ring (bicyclic) bond motifs is 4. The zero-order valence-electron chi connectivity index (χ0n) is 15.7. The molecule has 0 saturated carbocycles. The van der Waals surface area contributed by atoms with Crippen LogP contribution in [0.2, 0.25) is 0 Å². The van der Waals surface area contributed by atoms with Gasteiger partial charge in [0, 0.05) is 24.3 Å². The van der Waals surface area contributed by atoms with Crippen LogP contribution in [-0.2, 0) is 0 Å². The van der Waals surface area contributed by atoms with Crippen molar-refractivity contribution in [3.63, 3.8) is 0 Å². The first-order valence-electron chi connectivity index (χ1n) is 9.94. The minimum atomic E-state index is -0.0884. The van der Waals surface area contributed by atoms with Crippen LogP contribution in [-0.4, -0.2) is 46.7 Å². The predicted molar refractivity (Wildman–Crippen MR) is 108 cm³/mol. The largest absolute Gasteiger partial charge is 0.348 e. The Morgan fingerprint density at radius 2 is 1.71 bits per heavy atom. The molecular weight excluding hydrogens is 350 g/mol. The van der Waals surface area contributed by atoms with Crippen LogP contribution >= 0.6 is 0 Å². The van der Waals surface area contributed by atoms with E-state index in [2.05, 4.69) is 10.2 Å². The van der Waals surface area contributed by atoms with E-state index in [0.29, 0.717) is 22.7 Å². The summed E-state index contributed by atoms with van der Waals surface area (Å²) in [6.07, 6.45) is 4.15.